The second-order valence-electron chi connectivity index (χ2n) is 7.42. The standard InChI is InChI=1S/C22H25N3O/c1-15-8-11-17(12-9-15)20-21(22(26)23-18-6-4-3-5-7-18)25-14-16(2)10-13-19(25)24-20/h8-14,18H,3-7H2,1-2H3,(H,23,26). The number of rotatable bonds is 3. The molecule has 4 rings (SSSR count). The molecule has 0 unspecified atom stereocenters. The van der Waals surface area contributed by atoms with Crippen molar-refractivity contribution in [1.29, 1.82) is 0 Å². The summed E-state index contributed by atoms with van der Waals surface area (Å²) in [7, 11) is 0. The van der Waals surface area contributed by atoms with Crippen LogP contribution in [0.1, 0.15) is 53.7 Å². The van der Waals surface area contributed by atoms with Crippen LogP contribution in [0.25, 0.3) is 16.9 Å². The highest BCUT2D eigenvalue weighted by Gasteiger charge is 2.23. The molecule has 1 aromatic carbocycles. The summed E-state index contributed by atoms with van der Waals surface area (Å²) in [5.41, 5.74) is 5.48. The summed E-state index contributed by atoms with van der Waals surface area (Å²) in [5.74, 6) is -0.0226. The first-order valence-electron chi connectivity index (χ1n) is 9.48. The Morgan fingerprint density at radius 3 is 2.42 bits per heavy atom. The SMILES string of the molecule is Cc1ccc(-c2nc3ccc(C)cn3c2C(=O)NC2CCCCC2)cc1. The Morgan fingerprint density at radius 1 is 1.00 bits per heavy atom. The van der Waals surface area contributed by atoms with Crippen molar-refractivity contribution < 1.29 is 4.79 Å². The van der Waals surface area contributed by atoms with E-state index in [0.717, 1.165) is 35.3 Å². The van der Waals surface area contributed by atoms with Gasteiger partial charge in [-0.2, -0.15) is 0 Å². The summed E-state index contributed by atoms with van der Waals surface area (Å²) >= 11 is 0. The molecule has 0 radical (unpaired) electrons. The van der Waals surface area contributed by atoms with Gasteiger partial charge >= 0.3 is 0 Å². The number of fused-ring (bicyclic) bond motifs is 1. The van der Waals surface area contributed by atoms with Crippen molar-refractivity contribution >= 4 is 11.6 Å². The fourth-order valence-electron chi connectivity index (χ4n) is 3.78. The number of nitrogens with one attached hydrogen (secondary N) is 1. The van der Waals surface area contributed by atoms with Crippen molar-refractivity contribution in [2.24, 2.45) is 0 Å². The molecule has 0 spiro atoms. The lowest BCUT2D eigenvalue weighted by Gasteiger charge is -2.22. The number of imidazole rings is 1. The first-order valence-corrected chi connectivity index (χ1v) is 9.48. The molecule has 0 aliphatic heterocycles. The Balaban J connectivity index is 1.79. The zero-order valence-electron chi connectivity index (χ0n) is 15.5. The lowest BCUT2D eigenvalue weighted by Crippen LogP contribution is -2.37. The maximum absolute atomic E-state index is 13.2. The van der Waals surface area contributed by atoms with Crippen LogP contribution < -0.4 is 5.32 Å². The maximum Gasteiger partial charge on any atom is 0.270 e. The minimum absolute atomic E-state index is 0.0226. The van der Waals surface area contributed by atoms with Gasteiger partial charge in [0.2, 0.25) is 0 Å². The van der Waals surface area contributed by atoms with Crippen LogP contribution in [0, 0.1) is 13.8 Å². The minimum Gasteiger partial charge on any atom is -0.348 e. The lowest BCUT2D eigenvalue weighted by molar-refractivity contribution is 0.0922. The van der Waals surface area contributed by atoms with Crippen molar-refractivity contribution in [3.63, 3.8) is 0 Å². The molecule has 0 saturated heterocycles. The molecular weight excluding hydrogens is 322 g/mol. The number of hydrogen-bond donors (Lipinski definition) is 1. The summed E-state index contributed by atoms with van der Waals surface area (Å²) < 4.78 is 1.93. The van der Waals surface area contributed by atoms with Crippen LogP contribution >= 0.6 is 0 Å². The van der Waals surface area contributed by atoms with Gasteiger partial charge in [-0.15, -0.1) is 0 Å². The van der Waals surface area contributed by atoms with Crippen molar-refractivity contribution in [2.75, 3.05) is 0 Å². The van der Waals surface area contributed by atoms with Gasteiger partial charge in [0.15, 0.2) is 0 Å². The smallest absolute Gasteiger partial charge is 0.270 e. The molecule has 1 aliphatic carbocycles. The summed E-state index contributed by atoms with van der Waals surface area (Å²) in [6, 6.07) is 12.5. The Morgan fingerprint density at radius 2 is 1.69 bits per heavy atom. The first kappa shape index (κ1) is 16.8. The molecule has 1 fully saturated rings. The highest BCUT2D eigenvalue weighted by molar-refractivity contribution is 5.99. The highest BCUT2D eigenvalue weighted by atomic mass is 16.2. The van der Waals surface area contributed by atoms with Crippen molar-refractivity contribution in [1.82, 2.24) is 14.7 Å². The molecule has 1 amide bonds. The number of aryl methyl sites for hydroxylation is 2. The molecule has 4 nitrogen and oxygen atoms in total. The molecular formula is C22H25N3O. The average molecular weight is 347 g/mol. The second-order valence-corrected chi connectivity index (χ2v) is 7.42. The number of carbonyl (C=O) groups excluding carboxylic acids is 1. The van der Waals surface area contributed by atoms with E-state index in [4.69, 9.17) is 4.98 Å². The molecule has 0 atom stereocenters. The fourth-order valence-corrected chi connectivity index (χ4v) is 3.78. The van der Waals surface area contributed by atoms with Crippen molar-refractivity contribution in [3.8, 4) is 11.3 Å². The lowest BCUT2D eigenvalue weighted by atomic mass is 9.95. The molecule has 4 heteroatoms. The molecule has 1 N–H and O–H groups in total. The third-order valence-electron chi connectivity index (χ3n) is 5.25. The normalized spacial score (nSPS) is 15.3. The first-order chi connectivity index (χ1) is 12.6. The zero-order valence-corrected chi connectivity index (χ0v) is 15.5. The molecule has 2 heterocycles. The average Bonchev–Trinajstić information content (AvgIpc) is 3.01. The van der Waals surface area contributed by atoms with E-state index in [1.165, 1.54) is 24.8 Å². The maximum atomic E-state index is 13.2. The number of benzene rings is 1. The Bertz CT molecular complexity index is 934. The summed E-state index contributed by atoms with van der Waals surface area (Å²) in [6.07, 6.45) is 7.80. The number of carbonyl (C=O) groups is 1. The van der Waals surface area contributed by atoms with Crippen LogP contribution in [0.15, 0.2) is 42.6 Å². The van der Waals surface area contributed by atoms with E-state index in [1.807, 2.05) is 41.8 Å². The molecule has 1 saturated carbocycles. The van der Waals surface area contributed by atoms with E-state index in [9.17, 15) is 4.79 Å². The van der Waals surface area contributed by atoms with Gasteiger partial charge in [-0.25, -0.2) is 4.98 Å². The van der Waals surface area contributed by atoms with Gasteiger partial charge in [0.05, 0.1) is 0 Å². The summed E-state index contributed by atoms with van der Waals surface area (Å²) in [4.78, 5) is 18.0. The van der Waals surface area contributed by atoms with Gasteiger partial charge in [0, 0.05) is 17.8 Å². The number of amides is 1. The van der Waals surface area contributed by atoms with Gasteiger partial charge in [0.1, 0.15) is 17.0 Å². The predicted octanol–water partition coefficient (Wildman–Crippen LogP) is 4.68. The molecule has 134 valence electrons. The molecule has 3 aromatic rings. The summed E-state index contributed by atoms with van der Waals surface area (Å²) in [6.45, 7) is 4.10. The van der Waals surface area contributed by atoms with E-state index in [0.29, 0.717) is 5.69 Å². The third-order valence-corrected chi connectivity index (χ3v) is 5.25. The van der Waals surface area contributed by atoms with Crippen LogP contribution in [0.3, 0.4) is 0 Å². The predicted molar refractivity (Wildman–Crippen MR) is 104 cm³/mol. The molecule has 26 heavy (non-hydrogen) atoms. The van der Waals surface area contributed by atoms with E-state index in [1.54, 1.807) is 0 Å². The quantitative estimate of drug-likeness (QED) is 0.748. The van der Waals surface area contributed by atoms with Crippen molar-refractivity contribution in [2.45, 2.75) is 52.0 Å². The number of hydrogen-bond acceptors (Lipinski definition) is 2. The Hall–Kier alpha value is -2.62. The second kappa shape index (κ2) is 6.94. The van der Waals surface area contributed by atoms with E-state index in [-0.39, 0.29) is 11.9 Å². The third kappa shape index (κ3) is 3.24. The van der Waals surface area contributed by atoms with Gasteiger partial charge in [-0.1, -0.05) is 55.2 Å². The van der Waals surface area contributed by atoms with Crippen LogP contribution in [0.4, 0.5) is 0 Å². The van der Waals surface area contributed by atoms with E-state index >= 15 is 0 Å². The largest absolute Gasteiger partial charge is 0.348 e. The number of nitrogens with zero attached hydrogens (tertiary/aromatic N) is 2. The number of pyridine rings is 1. The van der Waals surface area contributed by atoms with Gasteiger partial charge in [-0.05, 0) is 38.3 Å². The fraction of sp³-hybridized carbons (Fsp3) is 0.364. The highest BCUT2D eigenvalue weighted by Crippen LogP contribution is 2.26. The number of aromatic nitrogens is 2. The topological polar surface area (TPSA) is 46.4 Å². The van der Waals surface area contributed by atoms with Gasteiger partial charge in [0.25, 0.3) is 5.91 Å². The molecule has 0 bridgehead atoms. The Labute approximate surface area is 154 Å². The minimum atomic E-state index is -0.0226. The summed E-state index contributed by atoms with van der Waals surface area (Å²) in [5, 5.41) is 3.25. The van der Waals surface area contributed by atoms with Crippen molar-refractivity contribution in [3.05, 3.63) is 59.4 Å². The monoisotopic (exact) mass is 347 g/mol. The van der Waals surface area contributed by atoms with Gasteiger partial charge in [-0.3, -0.25) is 9.20 Å². The van der Waals surface area contributed by atoms with Crippen LogP contribution in [0.2, 0.25) is 0 Å². The molecule has 1 aliphatic rings. The van der Waals surface area contributed by atoms with Crippen LogP contribution in [-0.4, -0.2) is 21.3 Å². The van der Waals surface area contributed by atoms with E-state index < -0.39 is 0 Å². The van der Waals surface area contributed by atoms with Crippen LogP contribution in [-0.2, 0) is 0 Å². The zero-order chi connectivity index (χ0) is 18.1. The Kier molecular flexibility index (Phi) is 4.49. The molecule has 2 aromatic heterocycles. The van der Waals surface area contributed by atoms with Gasteiger partial charge < -0.3 is 5.32 Å². The van der Waals surface area contributed by atoms with Crippen LogP contribution in [0.5, 0.6) is 0 Å². The van der Waals surface area contributed by atoms with E-state index in [2.05, 4.69) is 24.4 Å².